The fraction of sp³-hybridized carbons (Fsp3) is 0.400. The minimum absolute atomic E-state index is 0.0395. The molecule has 0 bridgehead atoms. The molecule has 1 heterocycles. The van der Waals surface area contributed by atoms with Crippen LogP contribution < -0.4 is 14.8 Å². The molecule has 1 aliphatic heterocycles. The van der Waals surface area contributed by atoms with Gasteiger partial charge in [0, 0.05) is 31.9 Å². The summed E-state index contributed by atoms with van der Waals surface area (Å²) >= 11 is 0. The van der Waals surface area contributed by atoms with E-state index in [0.29, 0.717) is 17.2 Å². The van der Waals surface area contributed by atoms with Gasteiger partial charge >= 0.3 is 0 Å². The van der Waals surface area contributed by atoms with Gasteiger partial charge in [-0.15, -0.1) is 0 Å². The van der Waals surface area contributed by atoms with Gasteiger partial charge in [0.15, 0.2) is 0 Å². The lowest BCUT2D eigenvalue weighted by molar-refractivity contribution is -0.138. The molecule has 3 amide bonds. The number of anilines is 1. The van der Waals surface area contributed by atoms with Gasteiger partial charge < -0.3 is 14.8 Å². The number of benzene rings is 1. The molecule has 22 heavy (non-hydrogen) atoms. The number of imide groups is 1. The quantitative estimate of drug-likeness (QED) is 0.798. The van der Waals surface area contributed by atoms with Crippen molar-refractivity contribution in [3.8, 4) is 11.5 Å². The van der Waals surface area contributed by atoms with E-state index in [0.717, 1.165) is 4.90 Å². The summed E-state index contributed by atoms with van der Waals surface area (Å²) in [5.41, 5.74) is 0.478. The van der Waals surface area contributed by atoms with Gasteiger partial charge in [0.2, 0.25) is 17.7 Å². The highest BCUT2D eigenvalue weighted by atomic mass is 16.5. The van der Waals surface area contributed by atoms with Crippen LogP contribution in [0.4, 0.5) is 5.69 Å². The number of nitrogens with one attached hydrogen (secondary N) is 1. The third kappa shape index (κ3) is 3.55. The molecule has 0 spiro atoms. The number of methoxy groups -OCH3 is 2. The van der Waals surface area contributed by atoms with E-state index in [4.69, 9.17) is 9.47 Å². The molecule has 118 valence electrons. The van der Waals surface area contributed by atoms with Crippen molar-refractivity contribution in [2.24, 2.45) is 0 Å². The molecule has 1 aromatic rings. The van der Waals surface area contributed by atoms with Gasteiger partial charge in [-0.2, -0.15) is 0 Å². The van der Waals surface area contributed by atoms with Crippen LogP contribution >= 0.6 is 0 Å². The summed E-state index contributed by atoms with van der Waals surface area (Å²) in [5, 5.41) is 2.70. The average Bonchev–Trinajstić information content (AvgIpc) is 2.83. The number of nitrogens with zero attached hydrogens (tertiary/aromatic N) is 1. The molecular formula is C15H18N2O5. The zero-order valence-corrected chi connectivity index (χ0v) is 12.5. The topological polar surface area (TPSA) is 84.9 Å². The van der Waals surface area contributed by atoms with Crippen LogP contribution in [0.5, 0.6) is 11.5 Å². The Kier molecular flexibility index (Phi) is 4.98. The molecule has 0 aliphatic carbocycles. The molecule has 1 aromatic carbocycles. The Morgan fingerprint density at radius 3 is 2.45 bits per heavy atom. The molecule has 7 nitrogen and oxygen atoms in total. The van der Waals surface area contributed by atoms with Crippen LogP contribution in [0.2, 0.25) is 0 Å². The second-order valence-electron chi connectivity index (χ2n) is 4.80. The van der Waals surface area contributed by atoms with Crippen LogP contribution in [0, 0.1) is 0 Å². The molecule has 0 aromatic heterocycles. The highest BCUT2D eigenvalue weighted by molar-refractivity contribution is 6.02. The van der Waals surface area contributed by atoms with E-state index in [2.05, 4.69) is 5.32 Å². The van der Waals surface area contributed by atoms with Gasteiger partial charge in [-0.25, -0.2) is 0 Å². The van der Waals surface area contributed by atoms with Crippen LogP contribution in [0.25, 0.3) is 0 Å². The van der Waals surface area contributed by atoms with Crippen molar-refractivity contribution in [1.82, 2.24) is 4.90 Å². The second-order valence-corrected chi connectivity index (χ2v) is 4.80. The van der Waals surface area contributed by atoms with Crippen LogP contribution in [-0.2, 0) is 14.4 Å². The van der Waals surface area contributed by atoms with E-state index in [-0.39, 0.29) is 43.5 Å². The van der Waals surface area contributed by atoms with E-state index in [9.17, 15) is 14.4 Å². The number of carbonyl (C=O) groups is 3. The van der Waals surface area contributed by atoms with Gasteiger partial charge in [-0.3, -0.25) is 19.3 Å². The van der Waals surface area contributed by atoms with Crippen molar-refractivity contribution < 1.29 is 23.9 Å². The summed E-state index contributed by atoms with van der Waals surface area (Å²) in [6, 6.07) is 5.04. The van der Waals surface area contributed by atoms with Gasteiger partial charge in [0.1, 0.15) is 11.5 Å². The maximum Gasteiger partial charge on any atom is 0.229 e. The molecule has 0 atom stereocenters. The third-order valence-corrected chi connectivity index (χ3v) is 3.40. The van der Waals surface area contributed by atoms with Crippen molar-refractivity contribution in [2.45, 2.75) is 19.3 Å². The molecular weight excluding hydrogens is 288 g/mol. The summed E-state index contributed by atoms with van der Waals surface area (Å²) in [6.07, 6.45) is 0.492. The van der Waals surface area contributed by atoms with Crippen molar-refractivity contribution in [3.63, 3.8) is 0 Å². The predicted octanol–water partition coefficient (Wildman–Crippen LogP) is 1.18. The number of hydrogen-bond donors (Lipinski definition) is 1. The lowest BCUT2D eigenvalue weighted by Gasteiger charge is -2.14. The highest BCUT2D eigenvalue weighted by Gasteiger charge is 2.28. The Morgan fingerprint density at radius 1 is 1.18 bits per heavy atom. The zero-order chi connectivity index (χ0) is 16.1. The molecule has 7 heteroatoms. The minimum Gasteiger partial charge on any atom is -0.497 e. The Hall–Kier alpha value is -2.57. The van der Waals surface area contributed by atoms with Crippen molar-refractivity contribution >= 4 is 23.4 Å². The maximum absolute atomic E-state index is 12.0. The summed E-state index contributed by atoms with van der Waals surface area (Å²) in [5.74, 6) is 0.330. The van der Waals surface area contributed by atoms with Crippen LogP contribution in [0.1, 0.15) is 19.3 Å². The van der Waals surface area contributed by atoms with Crippen molar-refractivity contribution in [1.29, 1.82) is 0 Å². The Labute approximate surface area is 128 Å². The van der Waals surface area contributed by atoms with Crippen molar-refractivity contribution in [2.75, 3.05) is 26.1 Å². The minimum atomic E-state index is -0.306. The zero-order valence-electron chi connectivity index (χ0n) is 12.5. The van der Waals surface area contributed by atoms with E-state index < -0.39 is 0 Å². The largest absolute Gasteiger partial charge is 0.497 e. The average molecular weight is 306 g/mol. The molecule has 0 radical (unpaired) electrons. The maximum atomic E-state index is 12.0. The normalized spacial score (nSPS) is 14.2. The fourth-order valence-electron chi connectivity index (χ4n) is 2.21. The third-order valence-electron chi connectivity index (χ3n) is 3.40. The van der Waals surface area contributed by atoms with Gasteiger partial charge in [0.25, 0.3) is 0 Å². The monoisotopic (exact) mass is 306 g/mol. The number of ether oxygens (including phenoxy) is 2. The molecule has 2 rings (SSSR count). The SMILES string of the molecule is COc1ccc(OC)c(NC(=O)CCN2C(=O)CCC2=O)c1. The van der Waals surface area contributed by atoms with Gasteiger partial charge in [-0.1, -0.05) is 0 Å². The highest BCUT2D eigenvalue weighted by Crippen LogP contribution is 2.29. The van der Waals surface area contributed by atoms with E-state index in [1.165, 1.54) is 14.2 Å². The van der Waals surface area contributed by atoms with Crippen molar-refractivity contribution in [3.05, 3.63) is 18.2 Å². The van der Waals surface area contributed by atoms with Gasteiger partial charge in [-0.05, 0) is 12.1 Å². The first-order valence-corrected chi connectivity index (χ1v) is 6.90. The Bertz CT molecular complexity index is 584. The number of rotatable bonds is 6. The summed E-state index contributed by atoms with van der Waals surface area (Å²) in [7, 11) is 3.02. The molecule has 1 aliphatic rings. The Morgan fingerprint density at radius 2 is 1.86 bits per heavy atom. The first-order valence-electron chi connectivity index (χ1n) is 6.90. The molecule has 0 unspecified atom stereocenters. The van der Waals surface area contributed by atoms with E-state index in [1.54, 1.807) is 18.2 Å². The first-order chi connectivity index (χ1) is 10.5. The standard InChI is InChI=1S/C15H18N2O5/c1-21-10-3-4-12(22-2)11(9-10)16-13(18)7-8-17-14(19)5-6-15(17)20/h3-4,9H,5-8H2,1-2H3,(H,16,18). The summed E-state index contributed by atoms with van der Waals surface area (Å²) < 4.78 is 10.3. The summed E-state index contributed by atoms with van der Waals surface area (Å²) in [6.45, 7) is 0.0930. The molecule has 1 saturated heterocycles. The lowest BCUT2D eigenvalue weighted by atomic mass is 10.2. The Balaban J connectivity index is 1.97. The van der Waals surface area contributed by atoms with E-state index >= 15 is 0 Å². The van der Waals surface area contributed by atoms with Crippen LogP contribution in [0.15, 0.2) is 18.2 Å². The number of likely N-dealkylation sites (tertiary alicyclic amines) is 1. The van der Waals surface area contributed by atoms with Crippen LogP contribution in [-0.4, -0.2) is 43.4 Å². The van der Waals surface area contributed by atoms with E-state index in [1.807, 2.05) is 0 Å². The van der Waals surface area contributed by atoms with Crippen LogP contribution in [0.3, 0.4) is 0 Å². The molecule has 1 fully saturated rings. The smallest absolute Gasteiger partial charge is 0.229 e. The van der Waals surface area contributed by atoms with Gasteiger partial charge in [0.05, 0.1) is 19.9 Å². The molecule has 1 N–H and O–H groups in total. The molecule has 0 saturated carbocycles. The fourth-order valence-corrected chi connectivity index (χ4v) is 2.21. The number of carbonyl (C=O) groups excluding carboxylic acids is 3. The predicted molar refractivity (Wildman–Crippen MR) is 78.7 cm³/mol. The second kappa shape index (κ2) is 6.93. The summed E-state index contributed by atoms with van der Waals surface area (Å²) in [4.78, 5) is 36.1. The first kappa shape index (κ1) is 15.8. The lowest BCUT2D eigenvalue weighted by Crippen LogP contribution is -2.32. The number of amides is 3. The number of hydrogen-bond acceptors (Lipinski definition) is 5.